The Bertz CT molecular complexity index is 1850. The molecule has 2 amide bonds. The Labute approximate surface area is 273 Å². The molecule has 46 heavy (non-hydrogen) atoms. The minimum absolute atomic E-state index is 0.00906. The molecule has 1 saturated heterocycles. The van der Waals surface area contributed by atoms with Crippen LogP contribution in [0, 0.1) is 0 Å². The first-order valence-corrected chi connectivity index (χ1v) is 16.9. The van der Waals surface area contributed by atoms with Gasteiger partial charge in [-0.3, -0.25) is 19.1 Å². The second-order valence-corrected chi connectivity index (χ2v) is 14.3. The van der Waals surface area contributed by atoms with Crippen molar-refractivity contribution in [1.82, 2.24) is 20.0 Å². The summed E-state index contributed by atoms with van der Waals surface area (Å²) in [7, 11) is -2.49. The first-order valence-electron chi connectivity index (χ1n) is 15.0. The summed E-state index contributed by atoms with van der Waals surface area (Å²) < 4.78 is 41.9. The number of nitrogens with zero attached hydrogens (tertiary/aromatic N) is 3. The van der Waals surface area contributed by atoms with Crippen LogP contribution in [0.25, 0.3) is 10.9 Å². The summed E-state index contributed by atoms with van der Waals surface area (Å²) in [5.41, 5.74) is 1.77. The van der Waals surface area contributed by atoms with Crippen molar-refractivity contribution in [1.29, 1.82) is 0 Å². The van der Waals surface area contributed by atoms with Crippen LogP contribution in [0.4, 0.5) is 10.6 Å². The summed E-state index contributed by atoms with van der Waals surface area (Å²) in [5, 5.41) is 8.44. The third kappa shape index (κ3) is 7.73. The number of likely N-dealkylation sites (tertiary alicyclic amines) is 1. The van der Waals surface area contributed by atoms with Gasteiger partial charge in [0.05, 0.1) is 29.5 Å². The molecule has 4 aromatic rings. The van der Waals surface area contributed by atoms with E-state index in [0.717, 1.165) is 24.0 Å². The largest absolute Gasteiger partial charge is 0.496 e. The van der Waals surface area contributed by atoms with Crippen molar-refractivity contribution < 1.29 is 27.5 Å². The third-order valence-electron chi connectivity index (χ3n) is 7.52. The highest BCUT2D eigenvalue weighted by atomic mass is 35.5. The molecule has 0 aliphatic carbocycles. The van der Waals surface area contributed by atoms with Crippen molar-refractivity contribution in [2.75, 3.05) is 18.4 Å². The lowest BCUT2D eigenvalue weighted by molar-refractivity contribution is -0.127. The average molecular weight is 668 g/mol. The minimum Gasteiger partial charge on any atom is -0.496 e. The zero-order valence-electron chi connectivity index (χ0n) is 26.2. The number of hydrogen-bond donors (Lipinski definition) is 2. The summed E-state index contributed by atoms with van der Waals surface area (Å²) in [6, 6.07) is 18.5. The first-order chi connectivity index (χ1) is 21.8. The molecule has 11 nitrogen and oxygen atoms in total. The van der Waals surface area contributed by atoms with Crippen molar-refractivity contribution in [3.63, 3.8) is 0 Å². The molecule has 13 heteroatoms. The number of methoxy groups -OCH3 is 1. The molecule has 5 rings (SSSR count). The number of hydrogen-bond acceptors (Lipinski definition) is 7. The zero-order valence-corrected chi connectivity index (χ0v) is 27.8. The number of fused-ring (bicyclic) bond motifs is 1. The van der Waals surface area contributed by atoms with Gasteiger partial charge >= 0.3 is 6.09 Å². The molecule has 244 valence electrons. The van der Waals surface area contributed by atoms with E-state index in [4.69, 9.17) is 21.1 Å². The molecule has 0 saturated carbocycles. The maximum absolute atomic E-state index is 13.2. The van der Waals surface area contributed by atoms with E-state index in [-0.39, 0.29) is 23.2 Å². The highest BCUT2D eigenvalue weighted by molar-refractivity contribution is 7.92. The SMILES string of the molecule is COc1cccc2c1c(NS(=O)(=O)c1cccc(Cl)c1)nn2Cc1cccc(CNC(=O)C2CCCCN2C(=O)OC(C)(C)C)c1. The van der Waals surface area contributed by atoms with Gasteiger partial charge in [0, 0.05) is 18.1 Å². The van der Waals surface area contributed by atoms with E-state index in [9.17, 15) is 18.0 Å². The summed E-state index contributed by atoms with van der Waals surface area (Å²) in [5.74, 6) is 0.364. The van der Waals surface area contributed by atoms with Gasteiger partial charge in [0.1, 0.15) is 17.4 Å². The highest BCUT2D eigenvalue weighted by Crippen LogP contribution is 2.34. The van der Waals surface area contributed by atoms with E-state index in [1.807, 2.05) is 36.4 Å². The first kappa shape index (κ1) is 33.1. The van der Waals surface area contributed by atoms with Crippen molar-refractivity contribution in [2.24, 2.45) is 0 Å². The van der Waals surface area contributed by atoms with E-state index in [1.54, 1.807) is 43.7 Å². The van der Waals surface area contributed by atoms with Crippen LogP contribution in [0.15, 0.2) is 71.6 Å². The van der Waals surface area contributed by atoms with Crippen molar-refractivity contribution >= 4 is 50.3 Å². The van der Waals surface area contributed by atoms with Crippen LogP contribution in [0.5, 0.6) is 5.75 Å². The maximum Gasteiger partial charge on any atom is 0.410 e. The van der Waals surface area contributed by atoms with Crippen LogP contribution in [0.3, 0.4) is 0 Å². The fourth-order valence-corrected chi connectivity index (χ4v) is 6.75. The van der Waals surface area contributed by atoms with E-state index in [1.165, 1.54) is 24.1 Å². The van der Waals surface area contributed by atoms with Crippen LogP contribution in [0.1, 0.15) is 51.2 Å². The summed E-state index contributed by atoms with van der Waals surface area (Å²) in [6.45, 7) is 6.48. The highest BCUT2D eigenvalue weighted by Gasteiger charge is 2.34. The lowest BCUT2D eigenvalue weighted by Crippen LogP contribution is -2.52. The van der Waals surface area contributed by atoms with Crippen LogP contribution in [0.2, 0.25) is 5.02 Å². The van der Waals surface area contributed by atoms with Gasteiger partial charge in [-0.05, 0) is 81.5 Å². The normalized spacial score (nSPS) is 15.4. The number of anilines is 1. The molecule has 0 radical (unpaired) electrons. The number of nitrogens with one attached hydrogen (secondary N) is 2. The van der Waals surface area contributed by atoms with Crippen LogP contribution < -0.4 is 14.8 Å². The number of amides is 2. The van der Waals surface area contributed by atoms with Crippen molar-refractivity contribution in [3.05, 3.63) is 82.9 Å². The second-order valence-electron chi connectivity index (χ2n) is 12.1. The topological polar surface area (TPSA) is 132 Å². The van der Waals surface area contributed by atoms with Gasteiger partial charge in [-0.25, -0.2) is 13.2 Å². The lowest BCUT2D eigenvalue weighted by atomic mass is 10.0. The van der Waals surface area contributed by atoms with E-state index in [2.05, 4.69) is 15.1 Å². The molecule has 2 heterocycles. The molecule has 0 spiro atoms. The number of carbonyl (C=O) groups is 2. The Morgan fingerprint density at radius 2 is 1.76 bits per heavy atom. The molecule has 1 unspecified atom stereocenters. The lowest BCUT2D eigenvalue weighted by Gasteiger charge is -2.35. The number of aromatic nitrogens is 2. The number of ether oxygens (including phenoxy) is 2. The molecule has 2 N–H and O–H groups in total. The Hall–Kier alpha value is -4.29. The Kier molecular flexibility index (Phi) is 9.78. The summed E-state index contributed by atoms with van der Waals surface area (Å²) in [4.78, 5) is 27.5. The number of carbonyl (C=O) groups excluding carboxylic acids is 2. The van der Waals surface area contributed by atoms with E-state index in [0.29, 0.717) is 41.2 Å². The van der Waals surface area contributed by atoms with Crippen molar-refractivity contribution in [3.8, 4) is 5.75 Å². The van der Waals surface area contributed by atoms with Gasteiger partial charge < -0.3 is 14.8 Å². The van der Waals surface area contributed by atoms with Gasteiger partial charge in [-0.15, -0.1) is 0 Å². The van der Waals surface area contributed by atoms with Gasteiger partial charge in [0.25, 0.3) is 10.0 Å². The average Bonchev–Trinajstić information content (AvgIpc) is 3.35. The van der Waals surface area contributed by atoms with Crippen LogP contribution >= 0.6 is 11.6 Å². The third-order valence-corrected chi connectivity index (χ3v) is 9.09. The fraction of sp³-hybridized carbons (Fsp3) is 0.364. The second kappa shape index (κ2) is 13.6. The Morgan fingerprint density at radius 1 is 1.02 bits per heavy atom. The summed E-state index contributed by atoms with van der Waals surface area (Å²) >= 11 is 6.05. The number of benzene rings is 3. The van der Waals surface area contributed by atoms with Crippen molar-refractivity contribution in [2.45, 2.75) is 69.7 Å². The fourth-order valence-electron chi connectivity index (χ4n) is 5.44. The monoisotopic (exact) mass is 667 g/mol. The van der Waals surface area contributed by atoms with Gasteiger partial charge in [-0.1, -0.05) is 48.0 Å². The van der Waals surface area contributed by atoms with Crippen LogP contribution in [-0.2, 0) is 32.6 Å². The van der Waals surface area contributed by atoms with Gasteiger partial charge in [-0.2, -0.15) is 5.10 Å². The quantitative estimate of drug-likeness (QED) is 0.225. The Morgan fingerprint density at radius 3 is 2.50 bits per heavy atom. The van der Waals surface area contributed by atoms with Gasteiger partial charge in [0.15, 0.2) is 5.82 Å². The summed E-state index contributed by atoms with van der Waals surface area (Å²) in [6.07, 6.45) is 1.77. The Balaban J connectivity index is 1.34. The molecule has 1 aromatic heterocycles. The number of halogens is 1. The molecular weight excluding hydrogens is 630 g/mol. The molecule has 1 aliphatic heterocycles. The molecule has 0 bridgehead atoms. The molecule has 1 aliphatic rings. The van der Waals surface area contributed by atoms with Crippen LogP contribution in [-0.4, -0.2) is 60.4 Å². The molecule has 1 fully saturated rings. The zero-order chi connectivity index (χ0) is 33.1. The number of piperidine rings is 1. The molecule has 1 atom stereocenters. The standard InChI is InChI=1S/C33H38ClN5O6S/c1-33(2,3)45-32(41)38-17-6-5-14-27(38)31(40)35-20-22-10-7-11-23(18-22)21-39-26-15-9-16-28(44-4)29(26)30(36-39)37-46(42,43)25-13-8-12-24(34)19-25/h7-13,15-16,18-19,27H,5-6,14,17,20-21H2,1-4H3,(H,35,40)(H,36,37). The van der Waals surface area contributed by atoms with E-state index >= 15 is 0 Å². The molecular formula is C33H38ClN5O6S. The number of rotatable bonds is 9. The van der Waals surface area contributed by atoms with E-state index < -0.39 is 27.8 Å². The number of sulfonamides is 1. The minimum atomic E-state index is -4.00. The van der Waals surface area contributed by atoms with Gasteiger partial charge in [0.2, 0.25) is 5.91 Å². The smallest absolute Gasteiger partial charge is 0.410 e. The predicted octanol–water partition coefficient (Wildman–Crippen LogP) is 5.95. The molecule has 3 aromatic carbocycles. The maximum atomic E-state index is 13.2. The predicted molar refractivity (Wildman–Crippen MR) is 177 cm³/mol.